The minimum atomic E-state index is 0.0455. The van der Waals surface area contributed by atoms with E-state index in [2.05, 4.69) is 5.32 Å². The Kier molecular flexibility index (Phi) is 5.27. The summed E-state index contributed by atoms with van der Waals surface area (Å²) in [6.07, 6.45) is 0. The summed E-state index contributed by atoms with van der Waals surface area (Å²) in [5, 5.41) is 4.09. The first-order valence-electron chi connectivity index (χ1n) is 6.68. The molecule has 106 valence electrons. The Morgan fingerprint density at radius 2 is 1.95 bits per heavy atom. The highest BCUT2D eigenvalue weighted by atomic mass is 35.5. The molecule has 3 nitrogen and oxygen atoms in total. The average molecular weight is 291 g/mol. The lowest BCUT2D eigenvalue weighted by molar-refractivity contribution is 0.340. The second kappa shape index (κ2) is 7.17. The van der Waals surface area contributed by atoms with Crippen molar-refractivity contribution in [3.05, 3.63) is 59.1 Å². The number of anilines is 1. The maximum Gasteiger partial charge on any atom is 0.119 e. The van der Waals surface area contributed by atoms with Crippen LogP contribution in [0.1, 0.15) is 18.5 Å². The van der Waals surface area contributed by atoms with Gasteiger partial charge in [0.1, 0.15) is 5.75 Å². The molecule has 0 aromatic heterocycles. The van der Waals surface area contributed by atoms with Gasteiger partial charge in [-0.05, 0) is 42.8 Å². The van der Waals surface area contributed by atoms with E-state index in [4.69, 9.17) is 22.1 Å². The summed E-state index contributed by atoms with van der Waals surface area (Å²) in [6.45, 7) is 3.14. The molecule has 0 spiro atoms. The molecule has 0 saturated heterocycles. The number of hydrogen-bond acceptors (Lipinski definition) is 3. The van der Waals surface area contributed by atoms with E-state index in [1.807, 2.05) is 55.5 Å². The van der Waals surface area contributed by atoms with E-state index < -0.39 is 0 Å². The molecule has 0 aliphatic heterocycles. The van der Waals surface area contributed by atoms with E-state index in [0.29, 0.717) is 18.2 Å². The zero-order valence-electron chi connectivity index (χ0n) is 11.5. The van der Waals surface area contributed by atoms with Crippen LogP contribution in [0.25, 0.3) is 0 Å². The van der Waals surface area contributed by atoms with E-state index in [9.17, 15) is 0 Å². The summed E-state index contributed by atoms with van der Waals surface area (Å²) in [7, 11) is 0. The molecule has 1 unspecified atom stereocenters. The fourth-order valence-electron chi connectivity index (χ4n) is 2.02. The van der Waals surface area contributed by atoms with Gasteiger partial charge < -0.3 is 15.8 Å². The SMILES string of the molecule is CCOc1ccc(C(CN)Nc2cccc(Cl)c2)cc1. The van der Waals surface area contributed by atoms with E-state index in [0.717, 1.165) is 17.0 Å². The number of nitrogens with one attached hydrogen (secondary N) is 1. The molecule has 0 amide bonds. The van der Waals surface area contributed by atoms with E-state index >= 15 is 0 Å². The Balaban J connectivity index is 2.11. The molecule has 0 radical (unpaired) electrons. The smallest absolute Gasteiger partial charge is 0.119 e. The van der Waals surface area contributed by atoms with Gasteiger partial charge in [0.25, 0.3) is 0 Å². The summed E-state index contributed by atoms with van der Waals surface area (Å²) in [5.74, 6) is 0.870. The van der Waals surface area contributed by atoms with Gasteiger partial charge in [0, 0.05) is 17.3 Å². The Hall–Kier alpha value is -1.71. The molecule has 2 aromatic rings. The van der Waals surface area contributed by atoms with Crippen LogP contribution in [0, 0.1) is 0 Å². The average Bonchev–Trinajstić information content (AvgIpc) is 2.46. The zero-order chi connectivity index (χ0) is 14.4. The Morgan fingerprint density at radius 1 is 1.20 bits per heavy atom. The lowest BCUT2D eigenvalue weighted by Crippen LogP contribution is -2.20. The highest BCUT2D eigenvalue weighted by Gasteiger charge is 2.09. The third-order valence-corrected chi connectivity index (χ3v) is 3.23. The first-order valence-corrected chi connectivity index (χ1v) is 7.05. The van der Waals surface area contributed by atoms with Crippen molar-refractivity contribution in [2.75, 3.05) is 18.5 Å². The molecule has 1 atom stereocenters. The standard InChI is InChI=1S/C16H19ClN2O/c1-2-20-15-8-6-12(7-9-15)16(11-18)19-14-5-3-4-13(17)10-14/h3-10,16,19H,2,11,18H2,1H3. The molecule has 2 aromatic carbocycles. The molecular formula is C16H19ClN2O. The van der Waals surface area contributed by atoms with Crippen LogP contribution in [0.3, 0.4) is 0 Å². The Labute approximate surface area is 124 Å². The molecule has 0 saturated carbocycles. The summed E-state index contributed by atoms with van der Waals surface area (Å²) in [4.78, 5) is 0. The molecule has 0 aliphatic rings. The minimum absolute atomic E-state index is 0.0455. The summed E-state index contributed by atoms with van der Waals surface area (Å²) < 4.78 is 5.44. The van der Waals surface area contributed by atoms with Crippen LogP contribution >= 0.6 is 11.6 Å². The second-order valence-corrected chi connectivity index (χ2v) is 4.88. The van der Waals surface area contributed by atoms with E-state index in [-0.39, 0.29) is 6.04 Å². The van der Waals surface area contributed by atoms with Crippen molar-refractivity contribution in [2.45, 2.75) is 13.0 Å². The third kappa shape index (κ3) is 3.89. The zero-order valence-corrected chi connectivity index (χ0v) is 12.2. The summed E-state index contributed by atoms with van der Waals surface area (Å²) in [5.41, 5.74) is 7.94. The minimum Gasteiger partial charge on any atom is -0.494 e. The topological polar surface area (TPSA) is 47.3 Å². The van der Waals surface area contributed by atoms with Crippen LogP contribution in [0.5, 0.6) is 5.75 Å². The fourth-order valence-corrected chi connectivity index (χ4v) is 2.21. The number of benzene rings is 2. The van der Waals surface area contributed by atoms with Crippen molar-refractivity contribution in [2.24, 2.45) is 5.73 Å². The van der Waals surface area contributed by atoms with Gasteiger partial charge in [0.15, 0.2) is 0 Å². The largest absolute Gasteiger partial charge is 0.494 e. The third-order valence-electron chi connectivity index (χ3n) is 2.99. The first kappa shape index (κ1) is 14.7. The number of ether oxygens (including phenoxy) is 1. The van der Waals surface area contributed by atoms with Gasteiger partial charge in [0.2, 0.25) is 0 Å². The predicted molar refractivity (Wildman–Crippen MR) is 84.5 cm³/mol. The highest BCUT2D eigenvalue weighted by Crippen LogP contribution is 2.23. The van der Waals surface area contributed by atoms with Gasteiger partial charge >= 0.3 is 0 Å². The van der Waals surface area contributed by atoms with E-state index in [1.54, 1.807) is 0 Å². The van der Waals surface area contributed by atoms with Crippen molar-refractivity contribution in [1.29, 1.82) is 0 Å². The molecule has 20 heavy (non-hydrogen) atoms. The lowest BCUT2D eigenvalue weighted by atomic mass is 10.1. The van der Waals surface area contributed by atoms with Crippen molar-refractivity contribution >= 4 is 17.3 Å². The van der Waals surface area contributed by atoms with Crippen LogP contribution in [0.2, 0.25) is 5.02 Å². The first-order chi connectivity index (χ1) is 9.72. The molecule has 0 fully saturated rings. The number of halogens is 1. The second-order valence-electron chi connectivity index (χ2n) is 4.45. The summed E-state index contributed by atoms with van der Waals surface area (Å²) >= 11 is 5.99. The maximum absolute atomic E-state index is 5.99. The van der Waals surface area contributed by atoms with Crippen molar-refractivity contribution in [1.82, 2.24) is 0 Å². The van der Waals surface area contributed by atoms with Crippen molar-refractivity contribution in [3.63, 3.8) is 0 Å². The molecule has 0 aliphatic carbocycles. The normalized spacial score (nSPS) is 11.9. The Bertz CT molecular complexity index is 542. The van der Waals surface area contributed by atoms with Gasteiger partial charge in [-0.25, -0.2) is 0 Å². The number of rotatable bonds is 6. The van der Waals surface area contributed by atoms with Crippen LogP contribution in [-0.4, -0.2) is 13.2 Å². The van der Waals surface area contributed by atoms with Crippen LogP contribution in [0.4, 0.5) is 5.69 Å². The van der Waals surface area contributed by atoms with Crippen molar-refractivity contribution < 1.29 is 4.74 Å². The quantitative estimate of drug-likeness (QED) is 0.849. The van der Waals surface area contributed by atoms with Gasteiger partial charge in [0.05, 0.1) is 12.6 Å². The molecule has 0 bridgehead atoms. The predicted octanol–water partition coefficient (Wildman–Crippen LogP) is 3.85. The fraction of sp³-hybridized carbons (Fsp3) is 0.250. The molecule has 2 rings (SSSR count). The van der Waals surface area contributed by atoms with Crippen LogP contribution in [0.15, 0.2) is 48.5 Å². The monoisotopic (exact) mass is 290 g/mol. The van der Waals surface area contributed by atoms with Crippen LogP contribution < -0.4 is 15.8 Å². The van der Waals surface area contributed by atoms with Gasteiger partial charge in [-0.1, -0.05) is 29.8 Å². The van der Waals surface area contributed by atoms with E-state index in [1.165, 1.54) is 0 Å². The molecule has 0 heterocycles. The lowest BCUT2D eigenvalue weighted by Gasteiger charge is -2.19. The maximum atomic E-state index is 5.99. The molecule has 4 heteroatoms. The van der Waals surface area contributed by atoms with Gasteiger partial charge in [-0.2, -0.15) is 0 Å². The van der Waals surface area contributed by atoms with Gasteiger partial charge in [-0.3, -0.25) is 0 Å². The Morgan fingerprint density at radius 3 is 2.55 bits per heavy atom. The summed E-state index contributed by atoms with van der Waals surface area (Å²) in [6, 6.07) is 15.6. The highest BCUT2D eigenvalue weighted by molar-refractivity contribution is 6.30. The van der Waals surface area contributed by atoms with Crippen LogP contribution in [-0.2, 0) is 0 Å². The molecule has 3 N–H and O–H groups in total. The number of nitrogens with two attached hydrogens (primary N) is 1. The van der Waals surface area contributed by atoms with Gasteiger partial charge in [-0.15, -0.1) is 0 Å². The molecular weight excluding hydrogens is 272 g/mol. The van der Waals surface area contributed by atoms with Crippen molar-refractivity contribution in [3.8, 4) is 5.75 Å². The number of hydrogen-bond donors (Lipinski definition) is 2.